The number of benzene rings is 1. The van der Waals surface area contributed by atoms with E-state index in [-0.39, 0.29) is 12.1 Å². The molecular formula is C15H19F3N2O3. The maximum atomic E-state index is 12.1. The molecule has 0 fully saturated rings. The third-order valence-electron chi connectivity index (χ3n) is 2.99. The van der Waals surface area contributed by atoms with Crippen molar-refractivity contribution in [3.05, 3.63) is 29.8 Å². The summed E-state index contributed by atoms with van der Waals surface area (Å²) >= 11 is 0. The Kier molecular flexibility index (Phi) is 6.87. The standard InChI is InChI=1S/C15H19F3N2O3/c1-3-23-12-7-5-4-6-11(12)14(22)19-10-13(21)20(2)9-8-15(16,17)18/h4-7H,3,8-10H2,1-2H3,(H,19,22). The Labute approximate surface area is 132 Å². The smallest absolute Gasteiger partial charge is 0.390 e. The van der Waals surface area contributed by atoms with Gasteiger partial charge in [0.05, 0.1) is 25.1 Å². The van der Waals surface area contributed by atoms with Crippen LogP contribution in [-0.4, -0.2) is 49.6 Å². The van der Waals surface area contributed by atoms with Crippen LogP contribution in [-0.2, 0) is 4.79 Å². The van der Waals surface area contributed by atoms with E-state index in [1.165, 1.54) is 13.1 Å². The molecule has 0 saturated heterocycles. The molecule has 0 saturated carbocycles. The Morgan fingerprint density at radius 1 is 1.26 bits per heavy atom. The Morgan fingerprint density at radius 2 is 1.91 bits per heavy atom. The topological polar surface area (TPSA) is 58.6 Å². The molecule has 0 radical (unpaired) electrons. The number of nitrogens with zero attached hydrogens (tertiary/aromatic N) is 1. The highest BCUT2D eigenvalue weighted by Crippen LogP contribution is 2.19. The number of hydrogen-bond donors (Lipinski definition) is 1. The number of para-hydroxylation sites is 1. The van der Waals surface area contributed by atoms with E-state index in [0.717, 1.165) is 4.90 Å². The number of amides is 2. The highest BCUT2D eigenvalue weighted by molar-refractivity contribution is 5.98. The normalized spacial score (nSPS) is 11.0. The van der Waals surface area contributed by atoms with E-state index in [2.05, 4.69) is 5.32 Å². The highest BCUT2D eigenvalue weighted by Gasteiger charge is 2.28. The summed E-state index contributed by atoms with van der Waals surface area (Å²) in [6, 6.07) is 6.51. The summed E-state index contributed by atoms with van der Waals surface area (Å²) in [6.07, 6.45) is -5.41. The molecule has 1 aromatic carbocycles. The van der Waals surface area contributed by atoms with Crippen LogP contribution in [0.25, 0.3) is 0 Å². The Morgan fingerprint density at radius 3 is 2.52 bits per heavy atom. The van der Waals surface area contributed by atoms with Gasteiger partial charge in [0.2, 0.25) is 5.91 Å². The van der Waals surface area contributed by atoms with Crippen LogP contribution in [0.5, 0.6) is 5.75 Å². The molecule has 1 N–H and O–H groups in total. The van der Waals surface area contributed by atoms with Crippen LogP contribution in [0.1, 0.15) is 23.7 Å². The van der Waals surface area contributed by atoms with E-state index < -0.39 is 31.0 Å². The minimum absolute atomic E-state index is 0.264. The first-order chi connectivity index (χ1) is 10.7. The van der Waals surface area contributed by atoms with Gasteiger partial charge in [0, 0.05) is 13.6 Å². The Bertz CT molecular complexity index is 547. The Balaban J connectivity index is 2.54. The molecule has 0 aliphatic carbocycles. The summed E-state index contributed by atoms with van der Waals surface area (Å²) in [6.45, 7) is 1.32. The first kappa shape index (κ1) is 18.8. The van der Waals surface area contributed by atoms with Crippen molar-refractivity contribution < 1.29 is 27.5 Å². The van der Waals surface area contributed by atoms with Crippen molar-refractivity contribution in [3.8, 4) is 5.75 Å². The van der Waals surface area contributed by atoms with Crippen LogP contribution < -0.4 is 10.1 Å². The zero-order valence-electron chi connectivity index (χ0n) is 12.9. The van der Waals surface area contributed by atoms with Crippen LogP contribution in [0.15, 0.2) is 24.3 Å². The first-order valence-electron chi connectivity index (χ1n) is 7.05. The highest BCUT2D eigenvalue weighted by atomic mass is 19.4. The third-order valence-corrected chi connectivity index (χ3v) is 2.99. The average molecular weight is 332 g/mol. The molecule has 0 aliphatic heterocycles. The molecule has 23 heavy (non-hydrogen) atoms. The van der Waals surface area contributed by atoms with Gasteiger partial charge in [0.25, 0.3) is 5.91 Å². The van der Waals surface area contributed by atoms with Crippen LogP contribution >= 0.6 is 0 Å². The van der Waals surface area contributed by atoms with Gasteiger partial charge in [-0.05, 0) is 19.1 Å². The van der Waals surface area contributed by atoms with Crippen molar-refractivity contribution in [3.63, 3.8) is 0 Å². The van der Waals surface area contributed by atoms with Crippen molar-refractivity contribution >= 4 is 11.8 Å². The van der Waals surface area contributed by atoms with Crippen LogP contribution in [0.2, 0.25) is 0 Å². The number of likely N-dealkylation sites (N-methyl/N-ethyl adjacent to an activating group) is 1. The van der Waals surface area contributed by atoms with Gasteiger partial charge in [-0.25, -0.2) is 0 Å². The summed E-state index contributed by atoms with van der Waals surface area (Å²) in [7, 11) is 1.26. The minimum atomic E-state index is -4.33. The molecule has 0 atom stereocenters. The molecule has 0 aliphatic rings. The predicted octanol–water partition coefficient (Wildman–Crippen LogP) is 2.23. The second-order valence-corrected chi connectivity index (χ2v) is 4.79. The molecule has 0 spiro atoms. The van der Waals surface area contributed by atoms with Gasteiger partial charge in [-0.3, -0.25) is 9.59 Å². The summed E-state index contributed by atoms with van der Waals surface area (Å²) in [5, 5.41) is 2.38. The number of carbonyl (C=O) groups is 2. The van der Waals surface area contributed by atoms with Gasteiger partial charge in [0.1, 0.15) is 5.75 Å². The fourth-order valence-corrected chi connectivity index (χ4v) is 1.74. The van der Waals surface area contributed by atoms with E-state index >= 15 is 0 Å². The SMILES string of the molecule is CCOc1ccccc1C(=O)NCC(=O)N(C)CCC(F)(F)F. The number of ether oxygens (including phenoxy) is 1. The largest absolute Gasteiger partial charge is 0.493 e. The molecule has 8 heteroatoms. The average Bonchev–Trinajstić information content (AvgIpc) is 2.50. The maximum Gasteiger partial charge on any atom is 0.390 e. The molecule has 0 heterocycles. The fraction of sp³-hybridized carbons (Fsp3) is 0.467. The number of halogens is 3. The lowest BCUT2D eigenvalue weighted by molar-refractivity contribution is -0.143. The third kappa shape index (κ3) is 6.58. The van der Waals surface area contributed by atoms with E-state index in [1.54, 1.807) is 25.1 Å². The van der Waals surface area contributed by atoms with E-state index in [9.17, 15) is 22.8 Å². The monoisotopic (exact) mass is 332 g/mol. The van der Waals surface area contributed by atoms with Gasteiger partial charge >= 0.3 is 6.18 Å². The van der Waals surface area contributed by atoms with E-state index in [4.69, 9.17) is 4.74 Å². The van der Waals surface area contributed by atoms with Gasteiger partial charge in [-0.1, -0.05) is 12.1 Å². The molecule has 0 bridgehead atoms. The van der Waals surface area contributed by atoms with Crippen molar-refractivity contribution in [2.45, 2.75) is 19.5 Å². The molecule has 1 rings (SSSR count). The van der Waals surface area contributed by atoms with Gasteiger partial charge in [-0.2, -0.15) is 13.2 Å². The zero-order valence-corrected chi connectivity index (χ0v) is 12.9. The lowest BCUT2D eigenvalue weighted by Gasteiger charge is -2.18. The van der Waals surface area contributed by atoms with Crippen LogP contribution in [0, 0.1) is 0 Å². The van der Waals surface area contributed by atoms with E-state index in [1.807, 2.05) is 0 Å². The Hall–Kier alpha value is -2.25. The number of rotatable bonds is 7. The molecule has 0 aromatic heterocycles. The van der Waals surface area contributed by atoms with Gasteiger partial charge in [-0.15, -0.1) is 0 Å². The van der Waals surface area contributed by atoms with Gasteiger partial charge < -0.3 is 15.0 Å². The number of nitrogens with one attached hydrogen (secondary N) is 1. The summed E-state index contributed by atoms with van der Waals surface area (Å²) in [4.78, 5) is 24.7. The number of hydrogen-bond acceptors (Lipinski definition) is 3. The van der Waals surface area contributed by atoms with Crippen molar-refractivity contribution in [1.82, 2.24) is 10.2 Å². The van der Waals surface area contributed by atoms with Crippen molar-refractivity contribution in [1.29, 1.82) is 0 Å². The lowest BCUT2D eigenvalue weighted by Crippen LogP contribution is -2.39. The second-order valence-electron chi connectivity index (χ2n) is 4.79. The molecular weight excluding hydrogens is 313 g/mol. The summed E-state index contributed by atoms with van der Waals surface area (Å²) in [5.41, 5.74) is 0.264. The van der Waals surface area contributed by atoms with E-state index in [0.29, 0.717) is 12.4 Å². The fourth-order valence-electron chi connectivity index (χ4n) is 1.74. The number of carbonyl (C=O) groups excluding carboxylic acids is 2. The second kappa shape index (κ2) is 8.40. The summed E-state index contributed by atoms with van der Waals surface area (Å²) in [5.74, 6) is -0.742. The van der Waals surface area contributed by atoms with Gasteiger partial charge in [0.15, 0.2) is 0 Å². The van der Waals surface area contributed by atoms with Crippen LogP contribution in [0.4, 0.5) is 13.2 Å². The minimum Gasteiger partial charge on any atom is -0.493 e. The number of alkyl halides is 3. The molecule has 5 nitrogen and oxygen atoms in total. The molecule has 128 valence electrons. The summed E-state index contributed by atoms with van der Waals surface area (Å²) < 4.78 is 41.6. The van der Waals surface area contributed by atoms with Crippen molar-refractivity contribution in [2.75, 3.05) is 26.7 Å². The zero-order chi connectivity index (χ0) is 17.5. The molecule has 2 amide bonds. The van der Waals surface area contributed by atoms with Crippen molar-refractivity contribution in [2.24, 2.45) is 0 Å². The quantitative estimate of drug-likeness (QED) is 0.833. The maximum absolute atomic E-state index is 12.1. The molecule has 1 aromatic rings. The molecule has 0 unspecified atom stereocenters. The lowest BCUT2D eigenvalue weighted by atomic mass is 10.2. The predicted molar refractivity (Wildman–Crippen MR) is 78.3 cm³/mol. The first-order valence-corrected chi connectivity index (χ1v) is 7.05. The van der Waals surface area contributed by atoms with Crippen LogP contribution in [0.3, 0.4) is 0 Å².